The molecule has 0 heterocycles. The number of aliphatic hydroxyl groups is 1. The standard InChI is InChI=1S/C17H24O3/c1-3-4-5-6-7-8-16(18)14-20-13-15-9-11-17(19-2)12-10-15/h9-12,16,18H,3-5,8,13-14H2,1-2H3/t16-/m1/s1. The van der Waals surface area contributed by atoms with Gasteiger partial charge in [0.1, 0.15) is 5.75 Å². The number of benzene rings is 1. The van der Waals surface area contributed by atoms with Crippen LogP contribution >= 0.6 is 0 Å². The quantitative estimate of drug-likeness (QED) is 0.585. The molecule has 0 amide bonds. The average Bonchev–Trinajstić information content (AvgIpc) is 2.48. The summed E-state index contributed by atoms with van der Waals surface area (Å²) >= 11 is 0. The van der Waals surface area contributed by atoms with Gasteiger partial charge in [-0.3, -0.25) is 0 Å². The molecule has 3 heteroatoms. The fraction of sp³-hybridized carbons (Fsp3) is 0.529. The molecule has 0 aliphatic carbocycles. The summed E-state index contributed by atoms with van der Waals surface area (Å²) in [6.07, 6.45) is 3.16. The molecule has 0 aromatic heterocycles. The second kappa shape index (κ2) is 10.3. The van der Waals surface area contributed by atoms with Crippen LogP contribution in [0.1, 0.15) is 38.2 Å². The Morgan fingerprint density at radius 3 is 2.60 bits per heavy atom. The van der Waals surface area contributed by atoms with Crippen molar-refractivity contribution in [3.05, 3.63) is 29.8 Å². The molecule has 0 aliphatic rings. The largest absolute Gasteiger partial charge is 0.497 e. The Morgan fingerprint density at radius 2 is 1.95 bits per heavy atom. The van der Waals surface area contributed by atoms with Gasteiger partial charge < -0.3 is 14.6 Å². The number of aliphatic hydroxyl groups excluding tert-OH is 1. The van der Waals surface area contributed by atoms with Crippen LogP contribution in [-0.4, -0.2) is 24.9 Å². The van der Waals surface area contributed by atoms with Crippen LogP contribution in [0.25, 0.3) is 0 Å². The lowest BCUT2D eigenvalue weighted by molar-refractivity contribution is 0.0311. The van der Waals surface area contributed by atoms with Crippen LogP contribution in [0.15, 0.2) is 24.3 Å². The van der Waals surface area contributed by atoms with Crippen molar-refractivity contribution < 1.29 is 14.6 Å². The monoisotopic (exact) mass is 276 g/mol. The van der Waals surface area contributed by atoms with E-state index in [1.165, 1.54) is 0 Å². The van der Waals surface area contributed by atoms with Crippen LogP contribution in [0.2, 0.25) is 0 Å². The molecule has 110 valence electrons. The SMILES string of the molecule is CCCCC#CC[C@@H](O)COCc1ccc(OC)cc1. The first-order valence-corrected chi connectivity index (χ1v) is 7.10. The molecule has 0 fully saturated rings. The smallest absolute Gasteiger partial charge is 0.118 e. The third kappa shape index (κ3) is 7.18. The molecule has 0 saturated heterocycles. The van der Waals surface area contributed by atoms with E-state index in [9.17, 15) is 5.11 Å². The van der Waals surface area contributed by atoms with E-state index in [-0.39, 0.29) is 0 Å². The van der Waals surface area contributed by atoms with E-state index in [4.69, 9.17) is 9.47 Å². The van der Waals surface area contributed by atoms with Crippen molar-refractivity contribution in [3.8, 4) is 17.6 Å². The summed E-state index contributed by atoms with van der Waals surface area (Å²) in [5, 5.41) is 9.72. The lowest BCUT2D eigenvalue weighted by Crippen LogP contribution is -2.14. The maximum absolute atomic E-state index is 9.72. The van der Waals surface area contributed by atoms with Gasteiger partial charge in [-0.05, 0) is 24.1 Å². The highest BCUT2D eigenvalue weighted by Crippen LogP contribution is 2.12. The topological polar surface area (TPSA) is 38.7 Å². The summed E-state index contributed by atoms with van der Waals surface area (Å²) < 4.78 is 10.6. The molecule has 1 atom stereocenters. The van der Waals surface area contributed by atoms with E-state index in [0.29, 0.717) is 19.6 Å². The highest BCUT2D eigenvalue weighted by Gasteiger charge is 2.02. The molecule has 0 spiro atoms. The maximum atomic E-state index is 9.72. The lowest BCUT2D eigenvalue weighted by atomic mass is 10.2. The second-order valence-electron chi connectivity index (χ2n) is 4.68. The molecule has 20 heavy (non-hydrogen) atoms. The number of unbranched alkanes of at least 4 members (excludes halogenated alkanes) is 2. The zero-order valence-electron chi connectivity index (χ0n) is 12.4. The van der Waals surface area contributed by atoms with Crippen molar-refractivity contribution in [2.24, 2.45) is 0 Å². The third-order valence-electron chi connectivity index (χ3n) is 2.86. The van der Waals surface area contributed by atoms with Gasteiger partial charge in [-0.25, -0.2) is 0 Å². The van der Waals surface area contributed by atoms with Crippen molar-refractivity contribution in [2.75, 3.05) is 13.7 Å². The average molecular weight is 276 g/mol. The number of methoxy groups -OCH3 is 1. The van der Waals surface area contributed by atoms with E-state index < -0.39 is 6.10 Å². The maximum Gasteiger partial charge on any atom is 0.118 e. The van der Waals surface area contributed by atoms with Crippen molar-refractivity contribution in [3.63, 3.8) is 0 Å². The Bertz CT molecular complexity index is 414. The molecule has 0 aliphatic heterocycles. The molecule has 1 aromatic carbocycles. The molecule has 1 aromatic rings. The molecular formula is C17H24O3. The van der Waals surface area contributed by atoms with Gasteiger partial charge in [-0.15, -0.1) is 11.8 Å². The van der Waals surface area contributed by atoms with Gasteiger partial charge in [-0.2, -0.15) is 0 Å². The molecule has 0 radical (unpaired) electrons. The van der Waals surface area contributed by atoms with Gasteiger partial charge in [0.2, 0.25) is 0 Å². The minimum absolute atomic E-state index is 0.314. The summed E-state index contributed by atoms with van der Waals surface area (Å²) in [4.78, 5) is 0. The van der Waals surface area contributed by atoms with E-state index in [1.807, 2.05) is 24.3 Å². The summed E-state index contributed by atoms with van der Waals surface area (Å²) in [5.41, 5.74) is 1.06. The van der Waals surface area contributed by atoms with E-state index in [2.05, 4.69) is 18.8 Å². The van der Waals surface area contributed by atoms with E-state index >= 15 is 0 Å². The van der Waals surface area contributed by atoms with Gasteiger partial charge in [-0.1, -0.05) is 25.5 Å². The molecule has 3 nitrogen and oxygen atoms in total. The Labute approximate surface area is 121 Å². The predicted octanol–water partition coefficient (Wildman–Crippen LogP) is 3.16. The summed E-state index contributed by atoms with van der Waals surface area (Å²) in [6, 6.07) is 7.70. The molecule has 0 unspecified atom stereocenters. The van der Waals surface area contributed by atoms with Crippen LogP contribution in [-0.2, 0) is 11.3 Å². The minimum atomic E-state index is -0.512. The summed E-state index contributed by atoms with van der Waals surface area (Å²) in [6.45, 7) is 2.95. The highest BCUT2D eigenvalue weighted by molar-refractivity contribution is 5.26. The Hall–Kier alpha value is -1.50. The first kappa shape index (κ1) is 16.6. The second-order valence-corrected chi connectivity index (χ2v) is 4.68. The third-order valence-corrected chi connectivity index (χ3v) is 2.86. The Kier molecular flexibility index (Phi) is 8.53. The number of rotatable bonds is 8. The zero-order valence-corrected chi connectivity index (χ0v) is 12.4. The Morgan fingerprint density at radius 1 is 1.20 bits per heavy atom. The van der Waals surface area contributed by atoms with Gasteiger partial charge >= 0.3 is 0 Å². The van der Waals surface area contributed by atoms with Crippen LogP contribution < -0.4 is 4.74 Å². The van der Waals surface area contributed by atoms with Crippen LogP contribution in [0.3, 0.4) is 0 Å². The van der Waals surface area contributed by atoms with Gasteiger partial charge in [0.15, 0.2) is 0 Å². The van der Waals surface area contributed by atoms with E-state index in [1.54, 1.807) is 7.11 Å². The van der Waals surface area contributed by atoms with Crippen molar-refractivity contribution in [1.29, 1.82) is 0 Å². The number of hydrogen-bond acceptors (Lipinski definition) is 3. The fourth-order valence-corrected chi connectivity index (χ4v) is 1.64. The molecule has 1 N–H and O–H groups in total. The van der Waals surface area contributed by atoms with Gasteiger partial charge in [0.05, 0.1) is 26.4 Å². The van der Waals surface area contributed by atoms with Crippen molar-refractivity contribution in [1.82, 2.24) is 0 Å². The molecule has 0 saturated carbocycles. The zero-order chi connectivity index (χ0) is 14.6. The minimum Gasteiger partial charge on any atom is -0.497 e. The number of ether oxygens (including phenoxy) is 2. The van der Waals surface area contributed by atoms with Crippen LogP contribution in [0.4, 0.5) is 0 Å². The van der Waals surface area contributed by atoms with Crippen LogP contribution in [0.5, 0.6) is 5.75 Å². The molecule has 0 bridgehead atoms. The predicted molar refractivity (Wildman–Crippen MR) is 80.6 cm³/mol. The first-order valence-electron chi connectivity index (χ1n) is 7.10. The van der Waals surface area contributed by atoms with Crippen molar-refractivity contribution in [2.45, 2.75) is 45.3 Å². The molecule has 1 rings (SSSR count). The fourth-order valence-electron chi connectivity index (χ4n) is 1.64. The number of hydrogen-bond donors (Lipinski definition) is 1. The molecular weight excluding hydrogens is 252 g/mol. The van der Waals surface area contributed by atoms with Gasteiger partial charge in [0.25, 0.3) is 0 Å². The van der Waals surface area contributed by atoms with E-state index in [0.717, 1.165) is 30.6 Å². The first-order chi connectivity index (χ1) is 9.76. The van der Waals surface area contributed by atoms with Crippen LogP contribution in [0, 0.1) is 11.8 Å². The van der Waals surface area contributed by atoms with Crippen molar-refractivity contribution >= 4 is 0 Å². The lowest BCUT2D eigenvalue weighted by Gasteiger charge is -2.08. The van der Waals surface area contributed by atoms with Gasteiger partial charge in [0, 0.05) is 12.8 Å². The summed E-state index contributed by atoms with van der Waals surface area (Å²) in [7, 11) is 1.64. The Balaban J connectivity index is 2.17. The normalized spacial score (nSPS) is 11.6. The highest BCUT2D eigenvalue weighted by atomic mass is 16.5. The summed E-state index contributed by atoms with van der Waals surface area (Å²) in [5.74, 6) is 6.88.